The first-order valence-corrected chi connectivity index (χ1v) is 9.22. The molecule has 128 valence electrons. The highest BCUT2D eigenvalue weighted by Crippen LogP contribution is 2.37. The van der Waals surface area contributed by atoms with Gasteiger partial charge in [-0.25, -0.2) is 4.98 Å². The van der Waals surface area contributed by atoms with Gasteiger partial charge in [0.25, 0.3) is 0 Å². The molecule has 1 N–H and O–H groups in total. The molecule has 0 radical (unpaired) electrons. The summed E-state index contributed by atoms with van der Waals surface area (Å²) in [6.45, 7) is 2.33. The summed E-state index contributed by atoms with van der Waals surface area (Å²) in [5, 5.41) is 19.9. The van der Waals surface area contributed by atoms with Crippen molar-refractivity contribution in [3.63, 3.8) is 0 Å². The number of aromatic nitrogens is 1. The summed E-state index contributed by atoms with van der Waals surface area (Å²) in [7, 11) is 0. The van der Waals surface area contributed by atoms with E-state index < -0.39 is 0 Å². The molecule has 1 aromatic rings. The number of pyridine rings is 1. The van der Waals surface area contributed by atoms with Gasteiger partial charge in [-0.1, -0.05) is 0 Å². The van der Waals surface area contributed by atoms with Crippen LogP contribution in [-0.4, -0.2) is 41.5 Å². The Balaban J connectivity index is 1.56. The van der Waals surface area contributed by atoms with Gasteiger partial charge in [0.15, 0.2) is 0 Å². The van der Waals surface area contributed by atoms with Gasteiger partial charge in [0, 0.05) is 25.4 Å². The second-order valence-electron chi connectivity index (χ2n) is 7.34. The highest BCUT2D eigenvalue weighted by Gasteiger charge is 2.44. The lowest BCUT2D eigenvalue weighted by Gasteiger charge is -2.47. The Morgan fingerprint density at radius 1 is 1.25 bits per heavy atom. The lowest BCUT2D eigenvalue weighted by atomic mass is 9.82. The van der Waals surface area contributed by atoms with Crippen molar-refractivity contribution in [3.05, 3.63) is 22.9 Å². The third-order valence-corrected chi connectivity index (χ3v) is 5.93. The molecule has 2 saturated heterocycles. The zero-order valence-electron chi connectivity index (χ0n) is 14.1. The molecule has 5 nitrogen and oxygen atoms in total. The van der Waals surface area contributed by atoms with Crippen LogP contribution in [0, 0.1) is 11.3 Å². The molecule has 24 heavy (non-hydrogen) atoms. The minimum atomic E-state index is -0.379. The monoisotopic (exact) mass is 327 g/mol. The van der Waals surface area contributed by atoms with E-state index in [1.807, 2.05) is 6.07 Å². The fourth-order valence-electron chi connectivity index (χ4n) is 4.43. The van der Waals surface area contributed by atoms with E-state index in [1.165, 1.54) is 24.1 Å². The van der Waals surface area contributed by atoms with Gasteiger partial charge in [0.05, 0.1) is 17.3 Å². The third-order valence-electron chi connectivity index (χ3n) is 5.93. The predicted molar refractivity (Wildman–Crippen MR) is 91.0 cm³/mol. The Morgan fingerprint density at radius 3 is 2.79 bits per heavy atom. The summed E-state index contributed by atoms with van der Waals surface area (Å²) >= 11 is 0. The number of aliphatic hydroxyl groups excluding tert-OH is 1. The fraction of sp³-hybridized carbons (Fsp3) is 0.684. The molecule has 0 amide bonds. The lowest BCUT2D eigenvalue weighted by molar-refractivity contribution is -0.164. The summed E-state index contributed by atoms with van der Waals surface area (Å²) in [6, 6.07) is 4.39. The van der Waals surface area contributed by atoms with Crippen molar-refractivity contribution >= 4 is 5.82 Å². The molecule has 2 aliphatic heterocycles. The number of ether oxygens (including phenoxy) is 1. The molecular formula is C19H25N3O2. The highest BCUT2D eigenvalue weighted by molar-refractivity contribution is 5.57. The molecule has 0 saturated carbocycles. The van der Waals surface area contributed by atoms with Crippen molar-refractivity contribution in [2.24, 2.45) is 0 Å². The van der Waals surface area contributed by atoms with E-state index in [9.17, 15) is 10.4 Å². The van der Waals surface area contributed by atoms with Crippen LogP contribution in [-0.2, 0) is 17.6 Å². The fourth-order valence-corrected chi connectivity index (χ4v) is 4.43. The van der Waals surface area contributed by atoms with Crippen LogP contribution in [0.3, 0.4) is 0 Å². The second kappa shape index (κ2) is 6.34. The van der Waals surface area contributed by atoms with Crippen molar-refractivity contribution < 1.29 is 9.84 Å². The summed E-state index contributed by atoms with van der Waals surface area (Å²) in [6.07, 6.45) is 7.47. The van der Waals surface area contributed by atoms with Crippen LogP contribution in [0.15, 0.2) is 6.07 Å². The number of hydrogen-bond donors (Lipinski definition) is 1. The Morgan fingerprint density at radius 2 is 2.04 bits per heavy atom. The summed E-state index contributed by atoms with van der Waals surface area (Å²) < 4.78 is 5.99. The Kier molecular flexibility index (Phi) is 4.19. The molecule has 1 atom stereocenters. The topological polar surface area (TPSA) is 69.4 Å². The van der Waals surface area contributed by atoms with Crippen LogP contribution in [0.5, 0.6) is 0 Å². The third kappa shape index (κ3) is 2.68. The first-order chi connectivity index (χ1) is 11.7. The maximum atomic E-state index is 10.4. The molecule has 4 rings (SSSR count). The summed E-state index contributed by atoms with van der Waals surface area (Å²) in [5.41, 5.74) is 2.73. The van der Waals surface area contributed by atoms with E-state index in [4.69, 9.17) is 9.72 Å². The van der Waals surface area contributed by atoms with Crippen LogP contribution in [0.1, 0.15) is 55.3 Å². The number of aryl methyl sites for hydroxylation is 2. The van der Waals surface area contributed by atoms with E-state index in [2.05, 4.69) is 11.0 Å². The first kappa shape index (κ1) is 15.9. The first-order valence-electron chi connectivity index (χ1n) is 9.22. The number of hydrogen-bond acceptors (Lipinski definition) is 5. The standard InChI is InChI=1S/C19H25N3O2/c20-13-15-12-14-4-1-2-5-16(14)21-18(15)22-9-7-19(8-10-22)17(23)6-3-11-24-19/h12,17,23H,1-11H2/t17-/m1/s1. The van der Waals surface area contributed by atoms with Gasteiger partial charge in [-0.2, -0.15) is 5.26 Å². The molecule has 0 aromatic carbocycles. The number of nitrogens with zero attached hydrogens (tertiary/aromatic N) is 3. The molecule has 2 fully saturated rings. The number of nitriles is 1. The van der Waals surface area contributed by atoms with E-state index in [1.54, 1.807) is 0 Å². The Hall–Kier alpha value is -1.64. The predicted octanol–water partition coefficient (Wildman–Crippen LogP) is 2.34. The normalized spacial score (nSPS) is 26.0. The van der Waals surface area contributed by atoms with E-state index in [0.717, 1.165) is 64.0 Å². The number of rotatable bonds is 1. The van der Waals surface area contributed by atoms with Gasteiger partial charge < -0.3 is 14.7 Å². The molecule has 1 spiro atoms. The molecule has 3 aliphatic rings. The van der Waals surface area contributed by atoms with Gasteiger partial charge in [0.1, 0.15) is 11.9 Å². The second-order valence-corrected chi connectivity index (χ2v) is 7.34. The number of aliphatic hydroxyl groups is 1. The van der Waals surface area contributed by atoms with Crippen molar-refractivity contribution in [3.8, 4) is 6.07 Å². The highest BCUT2D eigenvalue weighted by atomic mass is 16.5. The van der Waals surface area contributed by atoms with Gasteiger partial charge in [-0.3, -0.25) is 0 Å². The lowest BCUT2D eigenvalue weighted by Crippen LogP contribution is -2.55. The smallest absolute Gasteiger partial charge is 0.146 e. The van der Waals surface area contributed by atoms with Crippen molar-refractivity contribution in [2.45, 2.75) is 63.1 Å². The van der Waals surface area contributed by atoms with E-state index in [-0.39, 0.29) is 11.7 Å². The Labute approximate surface area is 143 Å². The molecule has 1 aromatic heterocycles. The van der Waals surface area contributed by atoms with Crippen LogP contribution >= 0.6 is 0 Å². The van der Waals surface area contributed by atoms with Crippen LogP contribution in [0.4, 0.5) is 5.82 Å². The van der Waals surface area contributed by atoms with Crippen molar-refractivity contribution in [2.75, 3.05) is 24.6 Å². The minimum Gasteiger partial charge on any atom is -0.390 e. The van der Waals surface area contributed by atoms with Gasteiger partial charge in [-0.05, 0) is 63.0 Å². The van der Waals surface area contributed by atoms with Crippen LogP contribution in [0.25, 0.3) is 0 Å². The minimum absolute atomic E-state index is 0.361. The number of anilines is 1. The van der Waals surface area contributed by atoms with E-state index in [0.29, 0.717) is 5.56 Å². The van der Waals surface area contributed by atoms with Gasteiger partial charge >= 0.3 is 0 Å². The SMILES string of the molecule is N#Cc1cc2c(nc1N1CCC3(CC1)OCCC[C@H]3O)CCCC2. The summed E-state index contributed by atoms with van der Waals surface area (Å²) in [5.74, 6) is 0.832. The van der Waals surface area contributed by atoms with Crippen molar-refractivity contribution in [1.29, 1.82) is 5.26 Å². The number of piperidine rings is 1. The zero-order chi connectivity index (χ0) is 16.6. The van der Waals surface area contributed by atoms with Crippen LogP contribution < -0.4 is 4.90 Å². The van der Waals surface area contributed by atoms with Gasteiger partial charge in [0.2, 0.25) is 0 Å². The molecule has 1 aliphatic carbocycles. The van der Waals surface area contributed by atoms with Crippen LogP contribution in [0.2, 0.25) is 0 Å². The van der Waals surface area contributed by atoms with E-state index >= 15 is 0 Å². The van der Waals surface area contributed by atoms with Gasteiger partial charge in [-0.15, -0.1) is 0 Å². The quantitative estimate of drug-likeness (QED) is 0.857. The summed E-state index contributed by atoms with van der Waals surface area (Å²) in [4.78, 5) is 7.07. The zero-order valence-corrected chi connectivity index (χ0v) is 14.1. The maximum Gasteiger partial charge on any atom is 0.146 e. The average molecular weight is 327 g/mol. The maximum absolute atomic E-state index is 10.4. The molecule has 0 bridgehead atoms. The molecule has 0 unspecified atom stereocenters. The molecule has 3 heterocycles. The largest absolute Gasteiger partial charge is 0.390 e. The average Bonchev–Trinajstić information content (AvgIpc) is 2.64. The molecular weight excluding hydrogens is 302 g/mol. The van der Waals surface area contributed by atoms with Crippen molar-refractivity contribution in [1.82, 2.24) is 4.98 Å². The number of fused-ring (bicyclic) bond motifs is 1. The molecule has 5 heteroatoms. The Bertz CT molecular complexity index is 659.